The van der Waals surface area contributed by atoms with Gasteiger partial charge in [0.05, 0.1) is 6.10 Å². The van der Waals surface area contributed by atoms with Gasteiger partial charge in [-0.25, -0.2) is 0 Å². The van der Waals surface area contributed by atoms with Crippen molar-refractivity contribution in [2.75, 3.05) is 0 Å². The molecule has 0 N–H and O–H groups in total. The van der Waals surface area contributed by atoms with Crippen LogP contribution >= 0.6 is 0 Å². The largest absolute Gasteiger partial charge is 0.490 e. The van der Waals surface area contributed by atoms with Crippen molar-refractivity contribution in [2.45, 2.75) is 46.1 Å². The number of rotatable bonds is 4. The van der Waals surface area contributed by atoms with Crippen LogP contribution < -0.4 is 0 Å². The normalized spacial score (nSPS) is 31.7. The second-order valence-corrected chi connectivity index (χ2v) is 4.81. The Kier molecular flexibility index (Phi) is 5.37. The van der Waals surface area contributed by atoms with Gasteiger partial charge in [0.15, 0.2) is 0 Å². The van der Waals surface area contributed by atoms with E-state index in [0.717, 1.165) is 17.6 Å². The average molecular weight is 220 g/mol. The lowest BCUT2D eigenvalue weighted by Gasteiger charge is -2.32. The summed E-state index contributed by atoms with van der Waals surface area (Å²) in [7, 11) is 0. The highest BCUT2D eigenvalue weighted by atomic mass is 16.5. The van der Waals surface area contributed by atoms with Crippen LogP contribution in [0.5, 0.6) is 0 Å². The number of allylic oxidation sites excluding steroid dienone is 4. The molecule has 0 spiro atoms. The van der Waals surface area contributed by atoms with Gasteiger partial charge in [-0.1, -0.05) is 32.6 Å². The molecule has 0 aromatic heterocycles. The van der Waals surface area contributed by atoms with Gasteiger partial charge in [0.25, 0.3) is 0 Å². The van der Waals surface area contributed by atoms with Crippen LogP contribution in [0.15, 0.2) is 36.6 Å². The predicted octanol–water partition coefficient (Wildman–Crippen LogP) is 4.47. The Morgan fingerprint density at radius 2 is 2.00 bits per heavy atom. The molecule has 0 radical (unpaired) electrons. The highest BCUT2D eigenvalue weighted by molar-refractivity contribution is 5.17. The third kappa shape index (κ3) is 3.88. The van der Waals surface area contributed by atoms with Gasteiger partial charge in [-0.3, -0.25) is 0 Å². The first-order valence-electron chi connectivity index (χ1n) is 6.29. The Labute approximate surface area is 99.9 Å². The fourth-order valence-corrected chi connectivity index (χ4v) is 2.21. The van der Waals surface area contributed by atoms with E-state index >= 15 is 0 Å². The van der Waals surface area contributed by atoms with Crippen LogP contribution in [0.25, 0.3) is 0 Å². The third-order valence-electron chi connectivity index (χ3n) is 3.47. The SMILES string of the molecule is C=CC=C(C=CC)OC1CCC(C)C(C)C1. The van der Waals surface area contributed by atoms with Gasteiger partial charge in [0, 0.05) is 0 Å². The molecule has 1 nitrogen and oxygen atoms in total. The van der Waals surface area contributed by atoms with Crippen molar-refractivity contribution < 1.29 is 4.74 Å². The molecule has 90 valence electrons. The maximum atomic E-state index is 5.99. The molecule has 1 rings (SSSR count). The minimum Gasteiger partial charge on any atom is -0.490 e. The monoisotopic (exact) mass is 220 g/mol. The van der Waals surface area contributed by atoms with Gasteiger partial charge in [0.2, 0.25) is 0 Å². The summed E-state index contributed by atoms with van der Waals surface area (Å²) < 4.78 is 5.99. The molecular weight excluding hydrogens is 196 g/mol. The molecule has 1 saturated carbocycles. The number of hydrogen-bond donors (Lipinski definition) is 0. The molecule has 3 unspecified atom stereocenters. The van der Waals surface area contributed by atoms with E-state index in [2.05, 4.69) is 20.4 Å². The van der Waals surface area contributed by atoms with E-state index in [1.54, 1.807) is 6.08 Å². The zero-order valence-corrected chi connectivity index (χ0v) is 10.8. The molecule has 1 heteroatoms. The molecule has 16 heavy (non-hydrogen) atoms. The van der Waals surface area contributed by atoms with E-state index in [4.69, 9.17) is 4.74 Å². The van der Waals surface area contributed by atoms with Crippen LogP contribution in [0.2, 0.25) is 0 Å². The summed E-state index contributed by atoms with van der Waals surface area (Å²) in [6.45, 7) is 10.4. The zero-order chi connectivity index (χ0) is 12.0. The van der Waals surface area contributed by atoms with Gasteiger partial charge in [-0.2, -0.15) is 0 Å². The van der Waals surface area contributed by atoms with E-state index in [1.807, 2.05) is 25.2 Å². The fraction of sp³-hybridized carbons (Fsp3) is 0.600. The van der Waals surface area contributed by atoms with Crippen LogP contribution in [-0.4, -0.2) is 6.10 Å². The van der Waals surface area contributed by atoms with E-state index < -0.39 is 0 Å². The Bertz CT molecular complexity index is 275. The van der Waals surface area contributed by atoms with Crippen LogP contribution in [0.3, 0.4) is 0 Å². The van der Waals surface area contributed by atoms with Gasteiger partial charge < -0.3 is 4.74 Å². The Morgan fingerprint density at radius 3 is 2.56 bits per heavy atom. The maximum Gasteiger partial charge on any atom is 0.119 e. The smallest absolute Gasteiger partial charge is 0.119 e. The van der Waals surface area contributed by atoms with Gasteiger partial charge >= 0.3 is 0 Å². The molecule has 0 aromatic rings. The first kappa shape index (κ1) is 13.1. The van der Waals surface area contributed by atoms with Crippen molar-refractivity contribution in [3.05, 3.63) is 36.6 Å². The van der Waals surface area contributed by atoms with Crippen molar-refractivity contribution in [2.24, 2.45) is 11.8 Å². The van der Waals surface area contributed by atoms with E-state index in [9.17, 15) is 0 Å². The summed E-state index contributed by atoms with van der Waals surface area (Å²) in [6.07, 6.45) is 11.7. The minimum atomic E-state index is 0.383. The van der Waals surface area contributed by atoms with E-state index in [-0.39, 0.29) is 0 Å². The fourth-order valence-electron chi connectivity index (χ4n) is 2.21. The van der Waals surface area contributed by atoms with E-state index in [1.165, 1.54) is 19.3 Å². The van der Waals surface area contributed by atoms with E-state index in [0.29, 0.717) is 6.10 Å². The first-order valence-corrected chi connectivity index (χ1v) is 6.29. The average Bonchev–Trinajstić information content (AvgIpc) is 2.24. The van der Waals surface area contributed by atoms with Crippen LogP contribution in [-0.2, 0) is 4.74 Å². The highest BCUT2D eigenvalue weighted by Crippen LogP contribution is 2.32. The summed E-state index contributed by atoms with van der Waals surface area (Å²) in [5.74, 6) is 2.55. The molecule has 1 aliphatic carbocycles. The van der Waals surface area contributed by atoms with Gasteiger partial charge in [-0.15, -0.1) is 0 Å². The Balaban J connectivity index is 2.53. The molecular formula is C15H24O. The molecule has 1 aliphatic rings. The topological polar surface area (TPSA) is 9.23 Å². The molecule has 0 aromatic carbocycles. The highest BCUT2D eigenvalue weighted by Gasteiger charge is 2.25. The van der Waals surface area contributed by atoms with Crippen LogP contribution in [0.4, 0.5) is 0 Å². The lowest BCUT2D eigenvalue weighted by atomic mass is 9.80. The Morgan fingerprint density at radius 1 is 1.25 bits per heavy atom. The van der Waals surface area contributed by atoms with Crippen LogP contribution in [0.1, 0.15) is 40.0 Å². The minimum absolute atomic E-state index is 0.383. The molecule has 3 atom stereocenters. The van der Waals surface area contributed by atoms with Crippen molar-refractivity contribution in [3.8, 4) is 0 Å². The van der Waals surface area contributed by atoms with Gasteiger partial charge in [-0.05, 0) is 50.2 Å². The van der Waals surface area contributed by atoms with Crippen molar-refractivity contribution >= 4 is 0 Å². The first-order chi connectivity index (χ1) is 7.67. The summed E-state index contributed by atoms with van der Waals surface area (Å²) in [5.41, 5.74) is 0. The summed E-state index contributed by atoms with van der Waals surface area (Å²) in [4.78, 5) is 0. The second-order valence-electron chi connectivity index (χ2n) is 4.81. The van der Waals surface area contributed by atoms with Gasteiger partial charge in [0.1, 0.15) is 5.76 Å². The second kappa shape index (κ2) is 6.57. The lowest BCUT2D eigenvalue weighted by molar-refractivity contribution is 0.0521. The molecule has 0 saturated heterocycles. The number of hydrogen-bond acceptors (Lipinski definition) is 1. The summed E-state index contributed by atoms with van der Waals surface area (Å²) in [6, 6.07) is 0. The molecule has 0 heterocycles. The maximum absolute atomic E-state index is 5.99. The summed E-state index contributed by atoms with van der Waals surface area (Å²) in [5, 5.41) is 0. The molecule has 0 aliphatic heterocycles. The van der Waals surface area contributed by atoms with Crippen molar-refractivity contribution in [1.82, 2.24) is 0 Å². The lowest BCUT2D eigenvalue weighted by Crippen LogP contribution is -2.26. The van der Waals surface area contributed by atoms with Crippen LogP contribution in [0, 0.1) is 11.8 Å². The molecule has 0 bridgehead atoms. The molecule has 0 amide bonds. The third-order valence-corrected chi connectivity index (χ3v) is 3.47. The van der Waals surface area contributed by atoms with Crippen molar-refractivity contribution in [1.29, 1.82) is 0 Å². The quantitative estimate of drug-likeness (QED) is 0.501. The predicted molar refractivity (Wildman–Crippen MR) is 70.1 cm³/mol. The standard InChI is InChI=1S/C15H24O/c1-5-7-14(8-6-2)16-15-10-9-12(3)13(4)11-15/h5-8,12-13,15H,1,9-11H2,2-4H3. The Hall–Kier alpha value is -0.980. The summed E-state index contributed by atoms with van der Waals surface area (Å²) >= 11 is 0. The number of ether oxygens (including phenoxy) is 1. The van der Waals surface area contributed by atoms with Crippen molar-refractivity contribution in [3.63, 3.8) is 0 Å². The zero-order valence-electron chi connectivity index (χ0n) is 10.8. The molecule has 1 fully saturated rings.